The number of ether oxygens (including phenoxy) is 1. The Morgan fingerprint density at radius 1 is 1.47 bits per heavy atom. The molecule has 1 aromatic rings. The number of unbranched alkanes of at least 4 members (excludes halogenated alkanes) is 1. The lowest BCUT2D eigenvalue weighted by Gasteiger charge is -2.06. The fourth-order valence-electron chi connectivity index (χ4n) is 1.08. The fourth-order valence-corrected chi connectivity index (χ4v) is 1.43. The predicted octanol–water partition coefficient (Wildman–Crippen LogP) is -1.23. The van der Waals surface area contributed by atoms with Gasteiger partial charge >= 0.3 is 16.3 Å². The Morgan fingerprint density at radius 3 is 2.58 bits per heavy atom. The zero-order valence-electron chi connectivity index (χ0n) is 10.2. The summed E-state index contributed by atoms with van der Waals surface area (Å²) in [5.74, 6) is -0.389. The highest BCUT2D eigenvalue weighted by molar-refractivity contribution is 7.80. The van der Waals surface area contributed by atoms with Gasteiger partial charge in [0.1, 0.15) is 0 Å². The van der Waals surface area contributed by atoms with Crippen LogP contribution in [0.3, 0.4) is 0 Å². The van der Waals surface area contributed by atoms with Gasteiger partial charge in [-0.05, 0) is 11.2 Å². The molecular weight excluding hydrogens is 280 g/mol. The molecule has 6 N–H and O–H groups in total. The minimum absolute atomic E-state index is 0. The molecule has 0 fully saturated rings. The van der Waals surface area contributed by atoms with Gasteiger partial charge < -0.3 is 21.7 Å². The van der Waals surface area contributed by atoms with Crippen LogP contribution in [-0.4, -0.2) is 30.0 Å². The molecule has 0 atom stereocenters. The molecular formula is C8H16N4O6S. The second-order valence-electron chi connectivity index (χ2n) is 3.38. The van der Waals surface area contributed by atoms with Gasteiger partial charge in [0.05, 0.1) is 12.7 Å². The Morgan fingerprint density at radius 2 is 2.11 bits per heavy atom. The highest BCUT2D eigenvalue weighted by atomic mass is 32.3. The minimum Gasteiger partial charge on any atom is -0.870 e. The van der Waals surface area contributed by atoms with E-state index in [-0.39, 0.29) is 23.1 Å². The number of hydrogen-bond donors (Lipinski definition) is 3. The van der Waals surface area contributed by atoms with Crippen molar-refractivity contribution in [2.24, 2.45) is 0 Å². The Labute approximate surface area is 110 Å². The Bertz CT molecular complexity index is 497. The maximum absolute atomic E-state index is 10.5. The van der Waals surface area contributed by atoms with Gasteiger partial charge in [0.25, 0.3) is 5.88 Å². The third kappa shape index (κ3) is 5.54. The van der Waals surface area contributed by atoms with Crippen LogP contribution in [-0.2, 0) is 10.4 Å². The molecule has 0 bridgehead atoms. The van der Waals surface area contributed by atoms with Crippen molar-refractivity contribution in [1.82, 2.24) is 4.98 Å². The van der Waals surface area contributed by atoms with Crippen LogP contribution < -0.4 is 25.2 Å². The third-order valence-electron chi connectivity index (χ3n) is 1.86. The quantitative estimate of drug-likeness (QED) is 0.330. The molecule has 11 heteroatoms. The van der Waals surface area contributed by atoms with E-state index in [9.17, 15) is 8.42 Å². The lowest BCUT2D eigenvalue weighted by atomic mass is 10.4. The molecule has 10 nitrogen and oxygen atoms in total. The molecule has 0 amide bonds. The van der Waals surface area contributed by atoms with Gasteiger partial charge in [-0.3, -0.25) is 4.55 Å². The number of aromatic nitrogens is 2. The molecule has 0 unspecified atom stereocenters. The first-order valence-electron chi connectivity index (χ1n) is 5.11. The summed E-state index contributed by atoms with van der Waals surface area (Å²) in [4.78, 5) is 3.73. The lowest BCUT2D eigenvalue weighted by Crippen LogP contribution is -2.50. The minimum atomic E-state index is -4.73. The van der Waals surface area contributed by atoms with Crippen molar-refractivity contribution in [2.75, 3.05) is 18.1 Å². The smallest absolute Gasteiger partial charge is 0.474 e. The summed E-state index contributed by atoms with van der Waals surface area (Å²) in [5, 5.41) is 0. The summed E-state index contributed by atoms with van der Waals surface area (Å²) in [6, 6.07) is 1.23. The number of nitrogens with zero attached hydrogens (tertiary/aromatic N) is 2. The van der Waals surface area contributed by atoms with Crippen LogP contribution in [0.4, 0.5) is 11.8 Å². The van der Waals surface area contributed by atoms with Gasteiger partial charge in [-0.1, -0.05) is 18.3 Å². The Hall–Kier alpha value is -1.85. The van der Waals surface area contributed by atoms with Crippen molar-refractivity contribution in [3.63, 3.8) is 0 Å². The van der Waals surface area contributed by atoms with Crippen LogP contribution in [0.1, 0.15) is 19.8 Å². The van der Waals surface area contributed by atoms with E-state index in [1.165, 1.54) is 6.07 Å². The number of nitrogens with two attached hydrogens (primary N) is 2. The highest BCUT2D eigenvalue weighted by Gasteiger charge is 2.20. The topological polar surface area (TPSA) is 172 Å². The van der Waals surface area contributed by atoms with Crippen LogP contribution >= 0.6 is 0 Å². The first kappa shape index (κ1) is 17.2. The van der Waals surface area contributed by atoms with Crippen molar-refractivity contribution < 1.29 is 32.2 Å². The molecule has 1 rings (SSSR count). The second kappa shape index (κ2) is 6.92. The monoisotopic (exact) mass is 296 g/mol. The number of hydrogen-bond acceptors (Lipinski definition) is 8. The molecule has 0 radical (unpaired) electrons. The number of rotatable bonds is 6. The van der Waals surface area contributed by atoms with Crippen molar-refractivity contribution in [3.05, 3.63) is 6.07 Å². The molecule has 0 spiro atoms. The maximum Gasteiger partial charge on any atom is 0.474 e. The van der Waals surface area contributed by atoms with Gasteiger partial charge in [-0.15, -0.1) is 0 Å². The van der Waals surface area contributed by atoms with Crippen LogP contribution in [0.15, 0.2) is 6.07 Å². The van der Waals surface area contributed by atoms with Crippen molar-refractivity contribution in [1.29, 1.82) is 0 Å². The summed E-state index contributed by atoms with van der Waals surface area (Å²) >= 11 is 0. The summed E-state index contributed by atoms with van der Waals surface area (Å²) in [5.41, 5.74) is 10.9. The van der Waals surface area contributed by atoms with E-state index >= 15 is 0 Å². The molecule has 110 valence electrons. The van der Waals surface area contributed by atoms with E-state index in [1.807, 2.05) is 6.92 Å². The average Bonchev–Trinajstić information content (AvgIpc) is 2.23. The molecule has 0 aromatic carbocycles. The number of anilines is 2. The predicted molar refractivity (Wildman–Crippen MR) is 63.7 cm³/mol. The Balaban J connectivity index is 0.00000324. The van der Waals surface area contributed by atoms with Gasteiger partial charge in [0, 0.05) is 0 Å². The zero-order valence-corrected chi connectivity index (χ0v) is 11.0. The van der Waals surface area contributed by atoms with Crippen LogP contribution in [0.25, 0.3) is 0 Å². The fraction of sp³-hybridized carbons (Fsp3) is 0.500. The molecule has 0 aliphatic carbocycles. The SMILES string of the molecule is CCCCOc1cc(N)[n+](OS(=O)(=O)O)c(N)n1.[OH-]. The maximum atomic E-state index is 10.5. The standard InChI is InChI=1S/C8H14N4O5S.H2O/c1-2-3-4-16-7-5-6(9)12(8(10)11-7)17-18(13,14)15;/h5H,2-4H2,1H3,(H4,9,10,11,13,14,15);1H2. The largest absolute Gasteiger partial charge is 0.870 e. The third-order valence-corrected chi connectivity index (χ3v) is 2.19. The van der Waals surface area contributed by atoms with Crippen molar-refractivity contribution in [3.8, 4) is 5.88 Å². The summed E-state index contributed by atoms with van der Waals surface area (Å²) in [7, 11) is -4.73. The number of nitrogen functional groups attached to an aromatic ring is 2. The van der Waals surface area contributed by atoms with Crippen LogP contribution in [0, 0.1) is 0 Å². The molecule has 0 aliphatic rings. The van der Waals surface area contributed by atoms with Crippen molar-refractivity contribution in [2.45, 2.75) is 19.8 Å². The second-order valence-corrected chi connectivity index (χ2v) is 4.38. The van der Waals surface area contributed by atoms with Crippen LogP contribution in [0.5, 0.6) is 5.88 Å². The molecule has 0 saturated heterocycles. The van der Waals surface area contributed by atoms with Gasteiger partial charge in [-0.2, -0.15) is 8.42 Å². The van der Waals surface area contributed by atoms with E-state index in [0.717, 1.165) is 12.8 Å². The summed E-state index contributed by atoms with van der Waals surface area (Å²) in [6.45, 7) is 2.43. The van der Waals surface area contributed by atoms with E-state index in [0.29, 0.717) is 11.3 Å². The molecule has 1 aromatic heterocycles. The molecule has 1 heterocycles. The van der Waals surface area contributed by atoms with E-state index < -0.39 is 10.4 Å². The van der Waals surface area contributed by atoms with Gasteiger partial charge in [0.2, 0.25) is 5.82 Å². The van der Waals surface area contributed by atoms with Crippen molar-refractivity contribution >= 4 is 22.2 Å². The zero-order chi connectivity index (χ0) is 13.8. The average molecular weight is 296 g/mol. The van der Waals surface area contributed by atoms with Gasteiger partial charge in [-0.25, -0.2) is 4.28 Å². The Kier molecular flexibility index (Phi) is 6.24. The first-order chi connectivity index (χ1) is 8.33. The molecule has 0 saturated carbocycles. The molecule has 0 aliphatic heterocycles. The van der Waals surface area contributed by atoms with Crippen LogP contribution in [0.2, 0.25) is 0 Å². The van der Waals surface area contributed by atoms with E-state index in [2.05, 4.69) is 9.27 Å². The first-order valence-corrected chi connectivity index (χ1v) is 6.48. The lowest BCUT2D eigenvalue weighted by molar-refractivity contribution is -0.835. The van der Waals surface area contributed by atoms with Gasteiger partial charge in [0.15, 0.2) is 0 Å². The summed E-state index contributed by atoms with van der Waals surface area (Å²) < 4.78 is 39.4. The molecule has 19 heavy (non-hydrogen) atoms. The highest BCUT2D eigenvalue weighted by Crippen LogP contribution is 2.10. The summed E-state index contributed by atoms with van der Waals surface area (Å²) in [6.07, 6.45) is 1.78. The van der Waals surface area contributed by atoms with E-state index in [1.54, 1.807) is 0 Å². The van der Waals surface area contributed by atoms with E-state index in [4.69, 9.17) is 20.8 Å². The normalized spacial score (nSPS) is 10.6.